The minimum Gasteiger partial charge on any atom is -0.342 e. The van der Waals surface area contributed by atoms with Crippen molar-refractivity contribution in [1.82, 2.24) is 15.3 Å². The molecule has 0 saturated carbocycles. The molecule has 0 bridgehead atoms. The van der Waals surface area contributed by atoms with Crippen molar-refractivity contribution in [1.29, 1.82) is 0 Å². The van der Waals surface area contributed by atoms with Gasteiger partial charge < -0.3 is 10.3 Å². The summed E-state index contributed by atoms with van der Waals surface area (Å²) in [4.78, 5) is 8.06. The van der Waals surface area contributed by atoms with Crippen LogP contribution >= 0.6 is 0 Å². The van der Waals surface area contributed by atoms with E-state index >= 15 is 0 Å². The smallest absolute Gasteiger partial charge is 0.108 e. The number of rotatable bonds is 3. The molecule has 2 N–H and O–H groups in total. The Bertz CT molecular complexity index is 580. The molecule has 0 radical (unpaired) electrons. The molecule has 3 heteroatoms. The third kappa shape index (κ3) is 2.93. The second-order valence-electron chi connectivity index (χ2n) is 5.91. The second-order valence-corrected chi connectivity index (χ2v) is 5.91. The van der Waals surface area contributed by atoms with E-state index in [0.717, 1.165) is 24.5 Å². The van der Waals surface area contributed by atoms with Crippen molar-refractivity contribution in [3.8, 4) is 11.3 Å². The average Bonchev–Trinajstić information content (AvgIpc) is 2.91. The van der Waals surface area contributed by atoms with Crippen molar-refractivity contribution in [2.24, 2.45) is 0 Å². The van der Waals surface area contributed by atoms with Gasteiger partial charge in [0.05, 0.1) is 11.9 Å². The number of nitrogens with zero attached hydrogens (tertiary/aromatic N) is 1. The molecule has 1 unspecified atom stereocenters. The fraction of sp³-hybridized carbons (Fsp3) is 0.471. The summed E-state index contributed by atoms with van der Waals surface area (Å²) < 4.78 is 0. The molecule has 3 nitrogen and oxygen atoms in total. The topological polar surface area (TPSA) is 40.7 Å². The minimum atomic E-state index is 0.585. The van der Waals surface area contributed by atoms with E-state index in [1.165, 1.54) is 36.0 Å². The molecule has 1 saturated heterocycles. The SMILES string of the molecule is Cc1ccc(C)c(-c2cnc(CC3CCCCN3)[nH]2)c1. The van der Waals surface area contributed by atoms with E-state index in [1.54, 1.807) is 0 Å². The Morgan fingerprint density at radius 2 is 2.15 bits per heavy atom. The van der Waals surface area contributed by atoms with Crippen LogP contribution < -0.4 is 5.32 Å². The summed E-state index contributed by atoms with van der Waals surface area (Å²) in [6.45, 7) is 5.43. The zero-order chi connectivity index (χ0) is 13.9. The second kappa shape index (κ2) is 5.80. The van der Waals surface area contributed by atoms with Gasteiger partial charge in [-0.05, 0) is 44.9 Å². The van der Waals surface area contributed by atoms with Crippen LogP contribution in [0.15, 0.2) is 24.4 Å². The maximum Gasteiger partial charge on any atom is 0.108 e. The fourth-order valence-electron chi connectivity index (χ4n) is 2.96. The van der Waals surface area contributed by atoms with Crippen LogP contribution in [0.25, 0.3) is 11.3 Å². The third-order valence-electron chi connectivity index (χ3n) is 4.16. The van der Waals surface area contributed by atoms with Crippen LogP contribution in [-0.4, -0.2) is 22.6 Å². The lowest BCUT2D eigenvalue weighted by Gasteiger charge is -2.22. The van der Waals surface area contributed by atoms with Crippen LogP contribution in [0, 0.1) is 13.8 Å². The minimum absolute atomic E-state index is 0.585. The Morgan fingerprint density at radius 1 is 1.25 bits per heavy atom. The predicted octanol–water partition coefficient (Wildman–Crippen LogP) is 3.38. The number of aromatic nitrogens is 2. The molecule has 1 aromatic heterocycles. The van der Waals surface area contributed by atoms with E-state index in [2.05, 4.69) is 47.3 Å². The van der Waals surface area contributed by atoms with E-state index in [9.17, 15) is 0 Å². The van der Waals surface area contributed by atoms with Gasteiger partial charge in [-0.25, -0.2) is 4.98 Å². The van der Waals surface area contributed by atoms with Gasteiger partial charge in [-0.2, -0.15) is 0 Å². The number of H-pyrrole nitrogens is 1. The van der Waals surface area contributed by atoms with Gasteiger partial charge in [0, 0.05) is 18.0 Å². The highest BCUT2D eigenvalue weighted by molar-refractivity contribution is 5.63. The van der Waals surface area contributed by atoms with Gasteiger partial charge in [-0.3, -0.25) is 0 Å². The molecule has 0 aliphatic carbocycles. The molecule has 106 valence electrons. The molecule has 1 aliphatic rings. The van der Waals surface area contributed by atoms with Crippen LogP contribution in [-0.2, 0) is 6.42 Å². The average molecular weight is 269 g/mol. The first-order chi connectivity index (χ1) is 9.72. The predicted molar refractivity (Wildman–Crippen MR) is 82.8 cm³/mol. The zero-order valence-electron chi connectivity index (χ0n) is 12.4. The number of aryl methyl sites for hydroxylation is 2. The van der Waals surface area contributed by atoms with Gasteiger partial charge in [0.2, 0.25) is 0 Å². The number of aromatic amines is 1. The van der Waals surface area contributed by atoms with Crippen LogP contribution in [0.2, 0.25) is 0 Å². The molecule has 2 heterocycles. The Hall–Kier alpha value is -1.61. The Kier molecular flexibility index (Phi) is 3.88. The maximum absolute atomic E-state index is 4.56. The molecular formula is C17H23N3. The molecule has 3 rings (SSSR count). The van der Waals surface area contributed by atoms with Gasteiger partial charge in [0.15, 0.2) is 0 Å². The van der Waals surface area contributed by atoms with Crippen molar-refractivity contribution >= 4 is 0 Å². The number of imidazole rings is 1. The quantitative estimate of drug-likeness (QED) is 0.897. The largest absolute Gasteiger partial charge is 0.342 e. The van der Waals surface area contributed by atoms with Gasteiger partial charge in [0.1, 0.15) is 5.82 Å². The van der Waals surface area contributed by atoms with Crippen molar-refractivity contribution in [3.05, 3.63) is 41.3 Å². The summed E-state index contributed by atoms with van der Waals surface area (Å²) in [5.41, 5.74) is 4.98. The Balaban J connectivity index is 1.77. The summed E-state index contributed by atoms with van der Waals surface area (Å²) in [5, 5.41) is 3.58. The van der Waals surface area contributed by atoms with Gasteiger partial charge >= 0.3 is 0 Å². The summed E-state index contributed by atoms with van der Waals surface area (Å²) in [6.07, 6.45) is 6.88. The molecule has 1 atom stereocenters. The van der Waals surface area contributed by atoms with Crippen molar-refractivity contribution in [2.75, 3.05) is 6.54 Å². The van der Waals surface area contributed by atoms with Gasteiger partial charge in [0.25, 0.3) is 0 Å². The lowest BCUT2D eigenvalue weighted by atomic mass is 10.0. The van der Waals surface area contributed by atoms with Crippen LogP contribution in [0.4, 0.5) is 0 Å². The van der Waals surface area contributed by atoms with E-state index in [-0.39, 0.29) is 0 Å². The molecule has 1 fully saturated rings. The highest BCUT2D eigenvalue weighted by Crippen LogP contribution is 2.23. The molecule has 2 aromatic rings. The maximum atomic E-state index is 4.56. The molecule has 0 amide bonds. The first-order valence-corrected chi connectivity index (χ1v) is 7.57. The van der Waals surface area contributed by atoms with Crippen LogP contribution in [0.1, 0.15) is 36.2 Å². The van der Waals surface area contributed by atoms with Crippen LogP contribution in [0.5, 0.6) is 0 Å². The summed E-state index contributed by atoms with van der Waals surface area (Å²) in [5.74, 6) is 1.10. The zero-order valence-corrected chi connectivity index (χ0v) is 12.4. The van der Waals surface area contributed by atoms with E-state index in [4.69, 9.17) is 0 Å². The lowest BCUT2D eigenvalue weighted by molar-refractivity contribution is 0.395. The normalized spacial score (nSPS) is 19.2. The first-order valence-electron chi connectivity index (χ1n) is 7.57. The van der Waals surface area contributed by atoms with Crippen molar-refractivity contribution in [3.63, 3.8) is 0 Å². The Labute approximate surface area is 120 Å². The summed E-state index contributed by atoms with van der Waals surface area (Å²) in [7, 11) is 0. The third-order valence-corrected chi connectivity index (χ3v) is 4.16. The number of nitrogens with one attached hydrogen (secondary N) is 2. The summed E-state index contributed by atoms with van der Waals surface area (Å²) >= 11 is 0. The number of hydrogen-bond acceptors (Lipinski definition) is 2. The van der Waals surface area contributed by atoms with Crippen LogP contribution in [0.3, 0.4) is 0 Å². The number of benzene rings is 1. The van der Waals surface area contributed by atoms with E-state index in [1.807, 2.05) is 6.20 Å². The molecule has 1 aliphatic heterocycles. The molecule has 20 heavy (non-hydrogen) atoms. The highest BCUT2D eigenvalue weighted by atomic mass is 15.0. The van der Waals surface area contributed by atoms with Crippen molar-refractivity contribution < 1.29 is 0 Å². The fourth-order valence-corrected chi connectivity index (χ4v) is 2.96. The van der Waals surface area contributed by atoms with E-state index in [0.29, 0.717) is 6.04 Å². The van der Waals surface area contributed by atoms with Crippen molar-refractivity contribution in [2.45, 2.75) is 45.6 Å². The highest BCUT2D eigenvalue weighted by Gasteiger charge is 2.15. The first kappa shape index (κ1) is 13.4. The van der Waals surface area contributed by atoms with Gasteiger partial charge in [-0.15, -0.1) is 0 Å². The molecule has 1 aromatic carbocycles. The number of piperidine rings is 1. The standard InChI is InChI=1S/C17H23N3/c1-12-6-7-13(2)15(9-12)16-11-19-17(20-16)10-14-5-3-4-8-18-14/h6-7,9,11,14,18H,3-5,8,10H2,1-2H3,(H,19,20). The van der Waals surface area contributed by atoms with E-state index < -0.39 is 0 Å². The lowest BCUT2D eigenvalue weighted by Crippen LogP contribution is -2.35. The molecular weight excluding hydrogens is 246 g/mol. The summed E-state index contributed by atoms with van der Waals surface area (Å²) in [6, 6.07) is 7.14. The Morgan fingerprint density at radius 3 is 2.95 bits per heavy atom. The monoisotopic (exact) mass is 269 g/mol. The van der Waals surface area contributed by atoms with Gasteiger partial charge in [-0.1, -0.05) is 24.1 Å². The number of hydrogen-bond donors (Lipinski definition) is 2. The molecule has 0 spiro atoms.